The van der Waals surface area contributed by atoms with Crippen molar-refractivity contribution in [3.63, 3.8) is 0 Å². The molecule has 1 aromatic rings. The van der Waals surface area contributed by atoms with E-state index in [0.717, 1.165) is 0 Å². The van der Waals surface area contributed by atoms with Gasteiger partial charge in [-0.25, -0.2) is 4.39 Å². The molecule has 1 unspecified atom stereocenters. The summed E-state index contributed by atoms with van der Waals surface area (Å²) in [5.41, 5.74) is 0.0283. The fourth-order valence-corrected chi connectivity index (χ4v) is 1.53. The van der Waals surface area contributed by atoms with Gasteiger partial charge in [0.25, 0.3) is 0 Å². The van der Waals surface area contributed by atoms with Gasteiger partial charge in [-0.3, -0.25) is 10.1 Å². The number of halogens is 2. The van der Waals surface area contributed by atoms with Crippen LogP contribution in [0.3, 0.4) is 0 Å². The fraction of sp³-hybridized carbons (Fsp3) is 0.273. The van der Waals surface area contributed by atoms with Crippen LogP contribution in [0.5, 0.6) is 0 Å². The normalized spacial score (nSPS) is 11.6. The van der Waals surface area contributed by atoms with E-state index < -0.39 is 17.8 Å². The predicted molar refractivity (Wildman–Crippen MR) is 59.8 cm³/mol. The monoisotopic (exact) mass is 256 g/mol. The Kier molecular flexibility index (Phi) is 4.88. The summed E-state index contributed by atoms with van der Waals surface area (Å²) in [6, 6.07) is 4.96. The average molecular weight is 257 g/mol. The lowest BCUT2D eigenvalue weighted by molar-refractivity contribution is -0.139. The lowest BCUT2D eigenvalue weighted by Crippen LogP contribution is -2.28. The largest absolute Gasteiger partial charge is 0.468 e. The molecule has 90 valence electrons. The first kappa shape index (κ1) is 13.4. The number of carbonyl (C=O) groups is 1. The molecule has 0 aliphatic rings. The lowest BCUT2D eigenvalue weighted by Gasteiger charge is -2.13. The van der Waals surface area contributed by atoms with E-state index in [1.165, 1.54) is 25.3 Å². The van der Waals surface area contributed by atoms with E-state index in [1.54, 1.807) is 0 Å². The van der Waals surface area contributed by atoms with E-state index in [2.05, 4.69) is 10.1 Å². The van der Waals surface area contributed by atoms with Crippen LogP contribution in [-0.2, 0) is 9.53 Å². The van der Waals surface area contributed by atoms with Gasteiger partial charge < -0.3 is 4.74 Å². The minimum absolute atomic E-state index is 0.0283. The van der Waals surface area contributed by atoms with Crippen LogP contribution in [0.15, 0.2) is 18.2 Å². The molecule has 1 aromatic carbocycles. The Morgan fingerprint density at radius 1 is 1.71 bits per heavy atom. The molecule has 0 radical (unpaired) electrons. The van der Waals surface area contributed by atoms with Crippen molar-refractivity contribution < 1.29 is 13.9 Å². The molecular formula is C11H10ClFN2O2. The highest BCUT2D eigenvalue weighted by molar-refractivity contribution is 6.31. The van der Waals surface area contributed by atoms with Gasteiger partial charge in [-0.2, -0.15) is 5.26 Å². The van der Waals surface area contributed by atoms with Crippen molar-refractivity contribution in [3.05, 3.63) is 34.6 Å². The van der Waals surface area contributed by atoms with Crippen LogP contribution in [0.1, 0.15) is 11.6 Å². The highest BCUT2D eigenvalue weighted by atomic mass is 35.5. The molecule has 0 saturated heterocycles. The highest BCUT2D eigenvalue weighted by Gasteiger charge is 2.19. The second kappa shape index (κ2) is 6.18. The Morgan fingerprint density at radius 3 is 2.94 bits per heavy atom. The topological polar surface area (TPSA) is 62.1 Å². The summed E-state index contributed by atoms with van der Waals surface area (Å²) in [5, 5.41) is 11.6. The molecule has 0 fully saturated rings. The van der Waals surface area contributed by atoms with Gasteiger partial charge >= 0.3 is 5.97 Å². The summed E-state index contributed by atoms with van der Waals surface area (Å²) < 4.78 is 17.9. The van der Waals surface area contributed by atoms with Crippen molar-refractivity contribution in [1.82, 2.24) is 5.32 Å². The highest BCUT2D eigenvalue weighted by Crippen LogP contribution is 2.25. The van der Waals surface area contributed by atoms with E-state index in [9.17, 15) is 9.18 Å². The van der Waals surface area contributed by atoms with Crippen LogP contribution >= 0.6 is 11.6 Å². The second-order valence-corrected chi connectivity index (χ2v) is 3.56. The quantitative estimate of drug-likeness (QED) is 0.835. The second-order valence-electron chi connectivity index (χ2n) is 3.15. The van der Waals surface area contributed by atoms with E-state index >= 15 is 0 Å². The Labute approximate surface area is 103 Å². The third kappa shape index (κ3) is 3.41. The SMILES string of the molecule is COC(=O)CNC(C#N)c1c(F)cccc1Cl. The van der Waals surface area contributed by atoms with Crippen molar-refractivity contribution in [2.24, 2.45) is 0 Å². The maximum absolute atomic E-state index is 13.5. The van der Waals surface area contributed by atoms with Gasteiger partial charge in [-0.15, -0.1) is 0 Å². The number of ether oxygens (including phenoxy) is 1. The van der Waals surface area contributed by atoms with E-state index in [1.807, 2.05) is 6.07 Å². The third-order valence-corrected chi connectivity index (χ3v) is 2.43. The van der Waals surface area contributed by atoms with Gasteiger partial charge in [0.1, 0.15) is 11.9 Å². The van der Waals surface area contributed by atoms with Gasteiger partial charge in [0, 0.05) is 10.6 Å². The van der Waals surface area contributed by atoms with Gasteiger partial charge in [0.2, 0.25) is 0 Å². The molecule has 17 heavy (non-hydrogen) atoms. The smallest absolute Gasteiger partial charge is 0.319 e. The van der Waals surface area contributed by atoms with Crippen LogP contribution < -0.4 is 5.32 Å². The molecule has 0 saturated carbocycles. The summed E-state index contributed by atoms with van der Waals surface area (Å²) in [7, 11) is 1.22. The number of carbonyl (C=O) groups excluding carboxylic acids is 1. The zero-order valence-electron chi connectivity index (χ0n) is 9.04. The van der Waals surface area contributed by atoms with Crippen molar-refractivity contribution >= 4 is 17.6 Å². The molecule has 0 spiro atoms. The third-order valence-electron chi connectivity index (χ3n) is 2.10. The zero-order valence-corrected chi connectivity index (χ0v) is 9.79. The summed E-state index contributed by atoms with van der Waals surface area (Å²) in [4.78, 5) is 10.9. The number of nitrogens with one attached hydrogen (secondary N) is 1. The Balaban J connectivity index is 2.88. The summed E-state index contributed by atoms with van der Waals surface area (Å²) in [6.45, 7) is -0.195. The number of nitrogens with zero attached hydrogens (tertiary/aromatic N) is 1. The van der Waals surface area contributed by atoms with E-state index in [4.69, 9.17) is 16.9 Å². The zero-order chi connectivity index (χ0) is 12.8. The lowest BCUT2D eigenvalue weighted by atomic mass is 10.1. The van der Waals surface area contributed by atoms with Crippen molar-refractivity contribution in [2.45, 2.75) is 6.04 Å². The molecule has 6 heteroatoms. The number of methoxy groups -OCH3 is 1. The van der Waals surface area contributed by atoms with Crippen molar-refractivity contribution in [1.29, 1.82) is 5.26 Å². The molecule has 0 aromatic heterocycles. The van der Waals surface area contributed by atoms with Gasteiger partial charge in [-0.05, 0) is 12.1 Å². The van der Waals surface area contributed by atoms with Gasteiger partial charge in [-0.1, -0.05) is 17.7 Å². The van der Waals surface area contributed by atoms with Gasteiger partial charge in [0.15, 0.2) is 0 Å². The standard InChI is InChI=1S/C11H10ClFN2O2/c1-17-10(16)6-15-9(5-14)11-7(12)3-2-4-8(11)13/h2-4,9,15H,6H2,1H3. The number of nitriles is 1. The first-order valence-corrected chi connectivity index (χ1v) is 5.11. The first-order chi connectivity index (χ1) is 8.10. The molecule has 0 amide bonds. The number of hydrogen-bond acceptors (Lipinski definition) is 4. The number of benzene rings is 1. The minimum atomic E-state index is -0.997. The Morgan fingerprint density at radius 2 is 2.41 bits per heavy atom. The maximum atomic E-state index is 13.5. The van der Waals surface area contributed by atoms with Crippen LogP contribution in [0.4, 0.5) is 4.39 Å². The summed E-state index contributed by atoms with van der Waals surface area (Å²) >= 11 is 5.80. The van der Waals surface area contributed by atoms with E-state index in [0.29, 0.717) is 0 Å². The van der Waals surface area contributed by atoms with Crippen LogP contribution in [0.25, 0.3) is 0 Å². The number of esters is 1. The summed E-state index contributed by atoms with van der Waals surface area (Å²) in [6.07, 6.45) is 0. The fourth-order valence-electron chi connectivity index (χ4n) is 1.26. The van der Waals surface area contributed by atoms with Crippen LogP contribution in [0.2, 0.25) is 5.02 Å². The van der Waals surface area contributed by atoms with Crippen LogP contribution in [0, 0.1) is 17.1 Å². The number of rotatable bonds is 4. The molecule has 0 aliphatic heterocycles. The molecule has 0 bridgehead atoms. The molecular weight excluding hydrogens is 247 g/mol. The van der Waals surface area contributed by atoms with Crippen LogP contribution in [-0.4, -0.2) is 19.6 Å². The van der Waals surface area contributed by atoms with Gasteiger partial charge in [0.05, 0.1) is 19.7 Å². The molecule has 4 nitrogen and oxygen atoms in total. The number of hydrogen-bond donors (Lipinski definition) is 1. The average Bonchev–Trinajstić information content (AvgIpc) is 2.32. The molecule has 1 rings (SSSR count). The first-order valence-electron chi connectivity index (χ1n) is 4.74. The summed E-state index contributed by atoms with van der Waals surface area (Å²) in [5.74, 6) is -1.14. The Bertz CT molecular complexity index is 439. The van der Waals surface area contributed by atoms with E-state index in [-0.39, 0.29) is 17.1 Å². The van der Waals surface area contributed by atoms with Crippen molar-refractivity contribution in [2.75, 3.05) is 13.7 Å². The predicted octanol–water partition coefficient (Wildman–Crippen LogP) is 1.81. The molecule has 1 atom stereocenters. The molecule has 1 N–H and O–H groups in total. The maximum Gasteiger partial charge on any atom is 0.319 e. The van der Waals surface area contributed by atoms with Crippen molar-refractivity contribution in [3.8, 4) is 6.07 Å². The molecule has 0 heterocycles. The Hall–Kier alpha value is -1.64. The molecule has 0 aliphatic carbocycles. The minimum Gasteiger partial charge on any atom is -0.468 e.